The molecule has 1 fully saturated rings. The number of fused-ring (bicyclic) bond motifs is 1. The van der Waals surface area contributed by atoms with E-state index in [1.807, 2.05) is 12.1 Å². The molecule has 8 heteroatoms. The number of hydrogen-bond acceptors (Lipinski definition) is 6. The first-order valence-electron chi connectivity index (χ1n) is 8.78. The molecule has 2 heterocycles. The van der Waals surface area contributed by atoms with Crippen LogP contribution in [0.3, 0.4) is 0 Å². The number of hydrogen-bond donors (Lipinski definition) is 2. The second kappa shape index (κ2) is 8.09. The fourth-order valence-electron chi connectivity index (χ4n) is 3.25. The van der Waals surface area contributed by atoms with E-state index in [1.165, 1.54) is 11.7 Å². The van der Waals surface area contributed by atoms with Crippen LogP contribution in [0.15, 0.2) is 29.2 Å². The van der Waals surface area contributed by atoms with Gasteiger partial charge in [-0.25, -0.2) is 4.68 Å². The number of aromatic nitrogens is 2. The van der Waals surface area contributed by atoms with Gasteiger partial charge in [0.05, 0.1) is 11.6 Å². The van der Waals surface area contributed by atoms with Crippen LogP contribution in [0.2, 0.25) is 0 Å². The van der Waals surface area contributed by atoms with Crippen LogP contribution in [-0.4, -0.2) is 55.2 Å². The summed E-state index contributed by atoms with van der Waals surface area (Å²) in [5, 5.41) is 11.3. The molecule has 3 rings (SSSR count). The minimum atomic E-state index is -0.796. The summed E-state index contributed by atoms with van der Waals surface area (Å²) in [6, 6.07) is 4.88. The standard InChI is InChI=1S/C18H23N5O3/c1-19-17(25)16(3-2-10-24)23-18(26)15-5-4-14(11-13(15)12-21-23)22-8-6-20-7-9-22/h4-5,10-12,16,20H,2-3,6-9H2,1H3,(H,19,25). The molecule has 138 valence electrons. The Morgan fingerprint density at radius 2 is 2.15 bits per heavy atom. The van der Waals surface area contributed by atoms with E-state index in [1.54, 1.807) is 12.3 Å². The van der Waals surface area contributed by atoms with E-state index in [-0.39, 0.29) is 24.3 Å². The lowest BCUT2D eigenvalue weighted by molar-refractivity contribution is -0.124. The molecule has 0 bridgehead atoms. The monoisotopic (exact) mass is 357 g/mol. The van der Waals surface area contributed by atoms with Gasteiger partial charge in [0.15, 0.2) is 0 Å². The molecule has 2 N–H and O–H groups in total. The van der Waals surface area contributed by atoms with Gasteiger partial charge in [-0.15, -0.1) is 0 Å². The van der Waals surface area contributed by atoms with Gasteiger partial charge < -0.3 is 20.3 Å². The first kappa shape index (κ1) is 18.1. The molecule has 1 unspecified atom stereocenters. The van der Waals surface area contributed by atoms with Crippen LogP contribution < -0.4 is 21.1 Å². The maximum Gasteiger partial charge on any atom is 0.275 e. The smallest absolute Gasteiger partial charge is 0.275 e. The third-order valence-corrected chi connectivity index (χ3v) is 4.68. The minimum Gasteiger partial charge on any atom is -0.369 e. The van der Waals surface area contributed by atoms with E-state index in [0.717, 1.165) is 43.5 Å². The highest BCUT2D eigenvalue weighted by molar-refractivity contribution is 5.85. The molecule has 2 aromatic rings. The van der Waals surface area contributed by atoms with Crippen molar-refractivity contribution in [2.24, 2.45) is 0 Å². The van der Waals surface area contributed by atoms with Gasteiger partial charge in [0.2, 0.25) is 5.91 Å². The van der Waals surface area contributed by atoms with Gasteiger partial charge in [-0.05, 0) is 24.6 Å². The number of amides is 1. The summed E-state index contributed by atoms with van der Waals surface area (Å²) in [6.45, 7) is 3.70. The molecule has 0 radical (unpaired) electrons. The zero-order valence-corrected chi connectivity index (χ0v) is 14.8. The van der Waals surface area contributed by atoms with E-state index in [9.17, 15) is 14.4 Å². The molecular weight excluding hydrogens is 334 g/mol. The zero-order valence-electron chi connectivity index (χ0n) is 14.8. The minimum absolute atomic E-state index is 0.187. The van der Waals surface area contributed by atoms with Crippen molar-refractivity contribution in [3.05, 3.63) is 34.7 Å². The lowest BCUT2D eigenvalue weighted by Crippen LogP contribution is -2.43. The van der Waals surface area contributed by atoms with Gasteiger partial charge in [-0.3, -0.25) is 9.59 Å². The Balaban J connectivity index is 1.98. The highest BCUT2D eigenvalue weighted by Crippen LogP contribution is 2.21. The zero-order chi connectivity index (χ0) is 18.5. The van der Waals surface area contributed by atoms with Gasteiger partial charge in [0.25, 0.3) is 5.56 Å². The molecule has 0 aliphatic carbocycles. The van der Waals surface area contributed by atoms with Crippen LogP contribution in [-0.2, 0) is 9.59 Å². The molecule has 26 heavy (non-hydrogen) atoms. The van der Waals surface area contributed by atoms with Crippen LogP contribution in [0.25, 0.3) is 10.8 Å². The number of aldehydes is 1. The third kappa shape index (κ3) is 3.60. The summed E-state index contributed by atoms with van der Waals surface area (Å²) < 4.78 is 1.18. The van der Waals surface area contributed by atoms with Crippen molar-refractivity contribution >= 4 is 28.7 Å². The molecule has 0 saturated carbocycles. The SMILES string of the molecule is CNC(=O)C(CCC=O)n1ncc2cc(N3CCNCC3)ccc2c1=O. The molecule has 1 aliphatic rings. The molecule has 1 aromatic carbocycles. The molecule has 1 aliphatic heterocycles. The summed E-state index contributed by atoms with van der Waals surface area (Å²) >= 11 is 0. The van der Waals surface area contributed by atoms with Crippen LogP contribution in [0, 0.1) is 0 Å². The van der Waals surface area contributed by atoms with Crippen LogP contribution >= 0.6 is 0 Å². The van der Waals surface area contributed by atoms with Gasteiger partial charge in [0, 0.05) is 50.7 Å². The molecule has 1 atom stereocenters. The number of rotatable bonds is 6. The summed E-state index contributed by atoms with van der Waals surface area (Å²) in [6.07, 6.45) is 2.77. The van der Waals surface area contributed by atoms with Gasteiger partial charge >= 0.3 is 0 Å². The fourth-order valence-corrected chi connectivity index (χ4v) is 3.25. The van der Waals surface area contributed by atoms with Crippen molar-refractivity contribution in [2.45, 2.75) is 18.9 Å². The molecular formula is C18H23N5O3. The quantitative estimate of drug-likeness (QED) is 0.711. The normalized spacial score (nSPS) is 15.7. The number of benzene rings is 1. The third-order valence-electron chi connectivity index (χ3n) is 4.68. The van der Waals surface area contributed by atoms with Crippen molar-refractivity contribution in [3.63, 3.8) is 0 Å². The Kier molecular flexibility index (Phi) is 5.62. The van der Waals surface area contributed by atoms with Crippen molar-refractivity contribution in [1.29, 1.82) is 0 Å². The van der Waals surface area contributed by atoms with E-state index >= 15 is 0 Å². The highest BCUT2D eigenvalue weighted by atomic mass is 16.2. The Hall–Kier alpha value is -2.74. The Morgan fingerprint density at radius 1 is 1.38 bits per heavy atom. The Bertz CT molecular complexity index is 858. The molecule has 1 aromatic heterocycles. The fraction of sp³-hybridized carbons (Fsp3) is 0.444. The average Bonchev–Trinajstić information content (AvgIpc) is 2.69. The second-order valence-corrected chi connectivity index (χ2v) is 6.28. The van der Waals surface area contributed by atoms with Crippen molar-refractivity contribution in [3.8, 4) is 0 Å². The highest BCUT2D eigenvalue weighted by Gasteiger charge is 2.22. The number of carbonyl (C=O) groups is 2. The van der Waals surface area contributed by atoms with Crippen LogP contribution in [0.1, 0.15) is 18.9 Å². The summed E-state index contributed by atoms with van der Waals surface area (Å²) in [7, 11) is 1.50. The number of nitrogens with one attached hydrogen (secondary N) is 2. The van der Waals surface area contributed by atoms with Gasteiger partial charge in [0.1, 0.15) is 12.3 Å². The molecule has 8 nitrogen and oxygen atoms in total. The summed E-state index contributed by atoms with van der Waals surface area (Å²) in [5.41, 5.74) is 0.732. The van der Waals surface area contributed by atoms with E-state index < -0.39 is 6.04 Å². The summed E-state index contributed by atoms with van der Waals surface area (Å²) in [4.78, 5) is 37.9. The predicted molar refractivity (Wildman–Crippen MR) is 99.5 cm³/mol. The predicted octanol–water partition coefficient (Wildman–Crippen LogP) is 0.0723. The lowest BCUT2D eigenvalue weighted by Gasteiger charge is -2.29. The van der Waals surface area contributed by atoms with E-state index in [0.29, 0.717) is 5.39 Å². The number of nitrogens with zero attached hydrogens (tertiary/aromatic N) is 3. The lowest BCUT2D eigenvalue weighted by atomic mass is 10.1. The van der Waals surface area contributed by atoms with Gasteiger partial charge in [-0.1, -0.05) is 0 Å². The summed E-state index contributed by atoms with van der Waals surface area (Å²) in [5.74, 6) is -0.335. The van der Waals surface area contributed by atoms with Crippen molar-refractivity contribution < 1.29 is 9.59 Å². The molecule has 0 spiro atoms. The molecule has 1 saturated heterocycles. The van der Waals surface area contributed by atoms with E-state index in [4.69, 9.17) is 0 Å². The first-order chi connectivity index (χ1) is 12.7. The number of anilines is 1. The molecule has 1 amide bonds. The topological polar surface area (TPSA) is 96.3 Å². The van der Waals surface area contributed by atoms with Crippen molar-refractivity contribution in [1.82, 2.24) is 20.4 Å². The Labute approximate surface area is 151 Å². The van der Waals surface area contributed by atoms with Crippen LogP contribution in [0.4, 0.5) is 5.69 Å². The average molecular weight is 357 g/mol. The number of piperazine rings is 1. The van der Waals surface area contributed by atoms with Gasteiger partial charge in [-0.2, -0.15) is 5.10 Å². The first-order valence-corrected chi connectivity index (χ1v) is 8.78. The second-order valence-electron chi connectivity index (χ2n) is 6.28. The maximum absolute atomic E-state index is 12.8. The van der Waals surface area contributed by atoms with E-state index in [2.05, 4.69) is 20.6 Å². The van der Waals surface area contributed by atoms with Crippen LogP contribution in [0.5, 0.6) is 0 Å². The number of likely N-dealkylation sites (N-methyl/N-ethyl adjacent to an activating group) is 1. The number of carbonyl (C=O) groups excluding carboxylic acids is 2. The maximum atomic E-state index is 12.8. The van der Waals surface area contributed by atoms with Crippen molar-refractivity contribution in [2.75, 3.05) is 38.1 Å². The largest absolute Gasteiger partial charge is 0.369 e. The Morgan fingerprint density at radius 3 is 2.85 bits per heavy atom.